The Balaban J connectivity index is 3.62. The molecular formula is C5H8N2O2. The van der Waals surface area contributed by atoms with Gasteiger partial charge in [0.15, 0.2) is 0 Å². The molecule has 0 atom stereocenters. The molecule has 0 aromatic heterocycles. The average molecular weight is 128 g/mol. The van der Waals surface area contributed by atoms with Gasteiger partial charge in [0.1, 0.15) is 6.54 Å². The third-order valence-corrected chi connectivity index (χ3v) is 0.794. The minimum Gasteiger partial charge on any atom is -0.453 e. The van der Waals surface area contributed by atoms with Gasteiger partial charge < -0.3 is 4.74 Å². The summed E-state index contributed by atoms with van der Waals surface area (Å²) in [5.41, 5.74) is 0. The largest absolute Gasteiger partial charge is 0.453 e. The van der Waals surface area contributed by atoms with E-state index in [9.17, 15) is 4.79 Å². The van der Waals surface area contributed by atoms with Crippen LogP contribution in [-0.2, 0) is 4.74 Å². The lowest BCUT2D eigenvalue weighted by molar-refractivity contribution is 0.138. The zero-order valence-corrected chi connectivity index (χ0v) is 5.42. The highest BCUT2D eigenvalue weighted by Crippen LogP contribution is 1.84. The van der Waals surface area contributed by atoms with Gasteiger partial charge in [-0.15, -0.1) is 0 Å². The van der Waals surface area contributed by atoms with Crippen LogP contribution in [0.4, 0.5) is 4.79 Å². The van der Waals surface area contributed by atoms with Gasteiger partial charge in [-0.2, -0.15) is 5.26 Å². The molecule has 4 nitrogen and oxygen atoms in total. The number of amides is 1. The van der Waals surface area contributed by atoms with Crippen LogP contribution in [0.3, 0.4) is 0 Å². The molecule has 0 spiro atoms. The summed E-state index contributed by atoms with van der Waals surface area (Å²) < 4.78 is 4.30. The zero-order chi connectivity index (χ0) is 7.28. The Hall–Kier alpha value is -1.24. The Morgan fingerprint density at radius 3 is 2.78 bits per heavy atom. The summed E-state index contributed by atoms with van der Waals surface area (Å²) in [5, 5.41) is 8.08. The van der Waals surface area contributed by atoms with Gasteiger partial charge in [0, 0.05) is 7.05 Å². The molecule has 0 aromatic carbocycles. The lowest BCUT2D eigenvalue weighted by Gasteiger charge is -2.09. The van der Waals surface area contributed by atoms with Crippen LogP contribution in [-0.4, -0.2) is 31.7 Å². The van der Waals surface area contributed by atoms with Crippen molar-refractivity contribution in [2.45, 2.75) is 0 Å². The molecule has 0 aromatic rings. The molecule has 0 fully saturated rings. The van der Waals surface area contributed by atoms with E-state index in [1.165, 1.54) is 19.1 Å². The first-order chi connectivity index (χ1) is 4.22. The van der Waals surface area contributed by atoms with Gasteiger partial charge in [-0.1, -0.05) is 0 Å². The summed E-state index contributed by atoms with van der Waals surface area (Å²) in [5.74, 6) is 0. The highest BCUT2D eigenvalue weighted by atomic mass is 16.5. The molecule has 0 N–H and O–H groups in total. The Labute approximate surface area is 53.6 Å². The smallest absolute Gasteiger partial charge is 0.410 e. The zero-order valence-electron chi connectivity index (χ0n) is 5.42. The van der Waals surface area contributed by atoms with Crippen LogP contribution in [0.2, 0.25) is 0 Å². The van der Waals surface area contributed by atoms with Crippen LogP contribution in [0.15, 0.2) is 0 Å². The van der Waals surface area contributed by atoms with Crippen molar-refractivity contribution in [3.05, 3.63) is 0 Å². The maximum Gasteiger partial charge on any atom is 0.410 e. The standard InChI is InChI=1S/C5H8N2O2/c1-7(4-3-6)5(8)9-2/h4H2,1-2H3. The molecule has 0 aliphatic carbocycles. The third-order valence-electron chi connectivity index (χ3n) is 0.794. The van der Waals surface area contributed by atoms with Crippen molar-refractivity contribution in [2.24, 2.45) is 0 Å². The molecule has 0 aliphatic rings. The molecule has 50 valence electrons. The Morgan fingerprint density at radius 1 is 1.89 bits per heavy atom. The van der Waals surface area contributed by atoms with Crippen molar-refractivity contribution in [2.75, 3.05) is 20.7 Å². The van der Waals surface area contributed by atoms with Gasteiger partial charge in [0.2, 0.25) is 0 Å². The summed E-state index contributed by atoms with van der Waals surface area (Å²) in [6.45, 7) is 0.0622. The normalized spacial score (nSPS) is 7.67. The number of rotatable bonds is 1. The topological polar surface area (TPSA) is 53.3 Å². The average Bonchev–Trinajstić information content (AvgIpc) is 1.87. The van der Waals surface area contributed by atoms with Crippen LogP contribution >= 0.6 is 0 Å². The highest BCUT2D eigenvalue weighted by Gasteiger charge is 2.04. The lowest BCUT2D eigenvalue weighted by atomic mass is 10.6. The fraction of sp³-hybridized carbons (Fsp3) is 0.600. The van der Waals surface area contributed by atoms with Gasteiger partial charge in [-0.05, 0) is 0 Å². The van der Waals surface area contributed by atoms with E-state index in [4.69, 9.17) is 5.26 Å². The molecule has 0 bridgehead atoms. The second kappa shape index (κ2) is 3.72. The third kappa shape index (κ3) is 2.54. The molecular weight excluding hydrogens is 120 g/mol. The van der Waals surface area contributed by atoms with E-state index in [0.29, 0.717) is 0 Å². The number of ether oxygens (including phenoxy) is 1. The van der Waals surface area contributed by atoms with Crippen LogP contribution in [0.1, 0.15) is 0 Å². The molecule has 0 saturated carbocycles. The molecule has 1 amide bonds. The summed E-state index contributed by atoms with van der Waals surface area (Å²) >= 11 is 0. The van der Waals surface area contributed by atoms with Crippen LogP contribution in [0, 0.1) is 11.3 Å². The molecule has 0 saturated heterocycles. The van der Waals surface area contributed by atoms with E-state index in [1.54, 1.807) is 0 Å². The first kappa shape index (κ1) is 7.76. The quantitative estimate of drug-likeness (QED) is 0.474. The Bertz CT molecular complexity index is 138. The number of hydrogen-bond donors (Lipinski definition) is 0. The Kier molecular flexibility index (Phi) is 3.21. The summed E-state index contributed by atoms with van der Waals surface area (Å²) in [4.78, 5) is 11.6. The number of nitrogens with zero attached hydrogens (tertiary/aromatic N) is 2. The number of methoxy groups -OCH3 is 1. The number of carbonyl (C=O) groups excluding carboxylic acids is 1. The monoisotopic (exact) mass is 128 g/mol. The van der Waals surface area contributed by atoms with Gasteiger partial charge in [-0.25, -0.2) is 4.79 Å². The number of carbonyl (C=O) groups is 1. The molecule has 0 heterocycles. The first-order valence-corrected chi connectivity index (χ1v) is 2.38. The summed E-state index contributed by atoms with van der Waals surface area (Å²) in [6.07, 6.45) is -0.489. The van der Waals surface area contributed by atoms with Gasteiger partial charge in [0.05, 0.1) is 13.2 Å². The van der Waals surface area contributed by atoms with Crippen molar-refractivity contribution < 1.29 is 9.53 Å². The SMILES string of the molecule is COC(=O)N(C)CC#N. The predicted molar refractivity (Wildman–Crippen MR) is 30.6 cm³/mol. The summed E-state index contributed by atoms with van der Waals surface area (Å²) in [6, 6.07) is 1.81. The molecule has 0 unspecified atom stereocenters. The second-order valence-corrected chi connectivity index (χ2v) is 1.48. The van der Waals surface area contributed by atoms with Crippen molar-refractivity contribution in [3.63, 3.8) is 0 Å². The van der Waals surface area contributed by atoms with Crippen LogP contribution in [0.25, 0.3) is 0 Å². The van der Waals surface area contributed by atoms with E-state index in [-0.39, 0.29) is 6.54 Å². The van der Waals surface area contributed by atoms with Crippen molar-refractivity contribution in [1.82, 2.24) is 4.90 Å². The van der Waals surface area contributed by atoms with E-state index in [1.807, 2.05) is 6.07 Å². The Morgan fingerprint density at radius 2 is 2.44 bits per heavy atom. The highest BCUT2D eigenvalue weighted by molar-refractivity contribution is 5.67. The van der Waals surface area contributed by atoms with E-state index < -0.39 is 6.09 Å². The maximum absolute atomic E-state index is 10.5. The maximum atomic E-state index is 10.5. The van der Waals surface area contributed by atoms with E-state index >= 15 is 0 Å². The minimum absolute atomic E-state index is 0.0622. The van der Waals surface area contributed by atoms with E-state index in [0.717, 1.165) is 0 Å². The van der Waals surface area contributed by atoms with E-state index in [2.05, 4.69) is 4.74 Å². The van der Waals surface area contributed by atoms with Gasteiger partial charge in [-0.3, -0.25) is 4.90 Å². The molecule has 0 rings (SSSR count). The van der Waals surface area contributed by atoms with Crippen LogP contribution < -0.4 is 0 Å². The number of nitriles is 1. The van der Waals surface area contributed by atoms with Gasteiger partial charge in [0.25, 0.3) is 0 Å². The molecule has 4 heteroatoms. The summed E-state index contributed by atoms with van der Waals surface area (Å²) in [7, 11) is 2.77. The van der Waals surface area contributed by atoms with Crippen molar-refractivity contribution in [1.29, 1.82) is 5.26 Å². The fourth-order valence-electron chi connectivity index (χ4n) is 0.326. The van der Waals surface area contributed by atoms with Crippen molar-refractivity contribution in [3.8, 4) is 6.07 Å². The first-order valence-electron chi connectivity index (χ1n) is 2.38. The second-order valence-electron chi connectivity index (χ2n) is 1.48. The molecule has 0 radical (unpaired) electrons. The van der Waals surface area contributed by atoms with Crippen LogP contribution in [0.5, 0.6) is 0 Å². The molecule has 9 heavy (non-hydrogen) atoms. The molecule has 0 aliphatic heterocycles. The predicted octanol–water partition coefficient (Wildman–Crippen LogP) is 0.208. The lowest BCUT2D eigenvalue weighted by Crippen LogP contribution is -2.26. The number of hydrogen-bond acceptors (Lipinski definition) is 3. The van der Waals surface area contributed by atoms with Gasteiger partial charge >= 0.3 is 6.09 Å². The minimum atomic E-state index is -0.489. The van der Waals surface area contributed by atoms with Crippen molar-refractivity contribution >= 4 is 6.09 Å². The fourth-order valence-corrected chi connectivity index (χ4v) is 0.326.